The summed E-state index contributed by atoms with van der Waals surface area (Å²) < 4.78 is 0. The Morgan fingerprint density at radius 1 is 1.18 bits per heavy atom. The van der Waals surface area contributed by atoms with Crippen LogP contribution in [0, 0.1) is 12.8 Å². The van der Waals surface area contributed by atoms with Crippen LogP contribution in [0.15, 0.2) is 42.5 Å². The Balaban J connectivity index is 1.80. The lowest BCUT2D eigenvalue weighted by Gasteiger charge is -2.23. The van der Waals surface area contributed by atoms with Crippen molar-refractivity contribution in [3.05, 3.63) is 59.2 Å². The van der Waals surface area contributed by atoms with Gasteiger partial charge in [0.1, 0.15) is 0 Å². The zero-order valence-electron chi connectivity index (χ0n) is 17.3. The van der Waals surface area contributed by atoms with Crippen molar-refractivity contribution in [1.82, 2.24) is 0 Å². The van der Waals surface area contributed by atoms with Crippen LogP contribution < -0.4 is 10.2 Å². The van der Waals surface area contributed by atoms with Crippen molar-refractivity contribution < 1.29 is 9.59 Å². The van der Waals surface area contributed by atoms with Crippen LogP contribution in [-0.2, 0) is 16.0 Å². The number of carbonyl (C=O) groups is 2. The summed E-state index contributed by atoms with van der Waals surface area (Å²) in [5, 5.41) is 3.09. The van der Waals surface area contributed by atoms with E-state index in [1.54, 1.807) is 4.90 Å². The maximum atomic E-state index is 12.9. The minimum absolute atomic E-state index is 0.0244. The van der Waals surface area contributed by atoms with Crippen LogP contribution in [0.25, 0.3) is 0 Å². The first kappa shape index (κ1) is 20.1. The van der Waals surface area contributed by atoms with Crippen LogP contribution in [0.5, 0.6) is 0 Å². The van der Waals surface area contributed by atoms with Gasteiger partial charge in [-0.25, -0.2) is 0 Å². The highest BCUT2D eigenvalue weighted by molar-refractivity contribution is 6.04. The fourth-order valence-electron chi connectivity index (χ4n) is 3.91. The topological polar surface area (TPSA) is 49.4 Å². The van der Waals surface area contributed by atoms with E-state index in [1.165, 1.54) is 5.56 Å². The molecule has 1 aliphatic heterocycles. The molecule has 0 aromatic heterocycles. The molecule has 4 heteroatoms. The molecule has 0 aliphatic carbocycles. The van der Waals surface area contributed by atoms with E-state index in [0.717, 1.165) is 35.3 Å². The molecule has 1 N–H and O–H groups in total. The molecule has 0 spiro atoms. The summed E-state index contributed by atoms with van der Waals surface area (Å²) in [6, 6.07) is 14.1. The van der Waals surface area contributed by atoms with Gasteiger partial charge in [0, 0.05) is 24.3 Å². The molecule has 3 rings (SSSR count). The molecular weight excluding hydrogens is 348 g/mol. The summed E-state index contributed by atoms with van der Waals surface area (Å²) >= 11 is 0. The largest absolute Gasteiger partial charge is 0.325 e. The molecule has 1 heterocycles. The van der Waals surface area contributed by atoms with E-state index in [-0.39, 0.29) is 24.2 Å². The number of rotatable bonds is 6. The van der Waals surface area contributed by atoms with Gasteiger partial charge in [-0.2, -0.15) is 0 Å². The molecule has 4 nitrogen and oxygen atoms in total. The molecule has 0 radical (unpaired) electrons. The molecule has 2 aromatic carbocycles. The number of aryl methyl sites for hydroxylation is 2. The first-order chi connectivity index (χ1) is 13.5. The average molecular weight is 379 g/mol. The SMILES string of the molecule is CCc1cccc(C)c1NC(=O)[C@@H]1CC(=O)N(c2ccccc2[C@@H](C)CC)C1. The molecule has 2 atom stereocenters. The molecule has 1 fully saturated rings. The average Bonchev–Trinajstić information content (AvgIpc) is 3.10. The number of carbonyl (C=O) groups excluding carboxylic acids is 2. The van der Waals surface area contributed by atoms with Crippen LogP contribution >= 0.6 is 0 Å². The smallest absolute Gasteiger partial charge is 0.229 e. The quantitative estimate of drug-likeness (QED) is 0.763. The number of nitrogens with one attached hydrogen (secondary N) is 1. The first-order valence-electron chi connectivity index (χ1n) is 10.2. The van der Waals surface area contributed by atoms with Crippen LogP contribution in [0.3, 0.4) is 0 Å². The number of anilines is 2. The Bertz CT molecular complexity index is 875. The lowest BCUT2D eigenvalue weighted by Crippen LogP contribution is -2.29. The second kappa shape index (κ2) is 8.59. The zero-order valence-corrected chi connectivity index (χ0v) is 17.3. The Hall–Kier alpha value is -2.62. The van der Waals surface area contributed by atoms with Gasteiger partial charge >= 0.3 is 0 Å². The Labute approximate surface area is 167 Å². The molecule has 0 saturated carbocycles. The van der Waals surface area contributed by atoms with E-state index in [2.05, 4.69) is 32.2 Å². The van der Waals surface area contributed by atoms with Gasteiger partial charge < -0.3 is 10.2 Å². The zero-order chi connectivity index (χ0) is 20.3. The van der Waals surface area contributed by atoms with Gasteiger partial charge in [-0.15, -0.1) is 0 Å². The minimum atomic E-state index is -0.332. The third-order valence-electron chi connectivity index (χ3n) is 5.85. The summed E-state index contributed by atoms with van der Waals surface area (Å²) in [4.78, 5) is 27.5. The fourth-order valence-corrected chi connectivity index (χ4v) is 3.91. The third kappa shape index (κ3) is 3.96. The second-order valence-corrected chi connectivity index (χ2v) is 7.73. The van der Waals surface area contributed by atoms with Crippen molar-refractivity contribution in [1.29, 1.82) is 0 Å². The van der Waals surface area contributed by atoms with E-state index < -0.39 is 0 Å². The van der Waals surface area contributed by atoms with Gasteiger partial charge in [0.15, 0.2) is 0 Å². The summed E-state index contributed by atoms with van der Waals surface area (Å²) in [5.41, 5.74) is 5.18. The monoisotopic (exact) mass is 378 g/mol. The van der Waals surface area contributed by atoms with Crippen molar-refractivity contribution in [3.63, 3.8) is 0 Å². The van der Waals surface area contributed by atoms with Crippen LogP contribution in [-0.4, -0.2) is 18.4 Å². The lowest BCUT2D eigenvalue weighted by molar-refractivity contribution is -0.122. The number of hydrogen-bond donors (Lipinski definition) is 1. The number of benzene rings is 2. The van der Waals surface area contributed by atoms with Gasteiger partial charge in [0.25, 0.3) is 0 Å². The highest BCUT2D eigenvalue weighted by atomic mass is 16.2. The van der Waals surface area contributed by atoms with Crippen LogP contribution in [0.1, 0.15) is 56.2 Å². The Morgan fingerprint density at radius 3 is 2.64 bits per heavy atom. The van der Waals surface area contributed by atoms with Gasteiger partial charge in [0.2, 0.25) is 11.8 Å². The van der Waals surface area contributed by atoms with Crippen molar-refractivity contribution in [3.8, 4) is 0 Å². The lowest BCUT2D eigenvalue weighted by atomic mass is 9.96. The number of nitrogens with zero attached hydrogens (tertiary/aromatic N) is 1. The molecule has 2 amide bonds. The van der Waals surface area contributed by atoms with Crippen molar-refractivity contribution in [2.75, 3.05) is 16.8 Å². The van der Waals surface area contributed by atoms with Gasteiger partial charge in [0.05, 0.1) is 5.92 Å². The van der Waals surface area contributed by atoms with Crippen LogP contribution in [0.4, 0.5) is 11.4 Å². The molecule has 148 valence electrons. The fraction of sp³-hybridized carbons (Fsp3) is 0.417. The number of hydrogen-bond acceptors (Lipinski definition) is 2. The minimum Gasteiger partial charge on any atom is -0.325 e. The molecule has 0 bridgehead atoms. The highest BCUT2D eigenvalue weighted by Gasteiger charge is 2.36. The van der Waals surface area contributed by atoms with Crippen molar-refractivity contribution >= 4 is 23.2 Å². The summed E-state index contributed by atoms with van der Waals surface area (Å²) in [5.74, 6) is -0.00460. The Kier molecular flexibility index (Phi) is 6.18. The summed E-state index contributed by atoms with van der Waals surface area (Å²) in [7, 11) is 0. The molecule has 1 saturated heterocycles. The van der Waals surface area contributed by atoms with Crippen molar-refractivity contribution in [2.24, 2.45) is 5.92 Å². The normalized spacial score (nSPS) is 17.6. The molecule has 28 heavy (non-hydrogen) atoms. The maximum Gasteiger partial charge on any atom is 0.229 e. The molecule has 2 aromatic rings. The third-order valence-corrected chi connectivity index (χ3v) is 5.85. The van der Waals surface area contributed by atoms with Crippen LogP contribution in [0.2, 0.25) is 0 Å². The van der Waals surface area contributed by atoms with Gasteiger partial charge in [-0.3, -0.25) is 9.59 Å². The second-order valence-electron chi connectivity index (χ2n) is 7.73. The Morgan fingerprint density at radius 2 is 1.93 bits per heavy atom. The molecule has 1 aliphatic rings. The van der Waals surface area contributed by atoms with E-state index in [9.17, 15) is 9.59 Å². The number of para-hydroxylation sites is 2. The number of amides is 2. The summed E-state index contributed by atoms with van der Waals surface area (Å²) in [6.07, 6.45) is 2.12. The first-order valence-corrected chi connectivity index (χ1v) is 10.2. The molecule has 0 unspecified atom stereocenters. The molecular formula is C24H30N2O2. The van der Waals surface area contributed by atoms with Crippen molar-refractivity contribution in [2.45, 2.75) is 52.9 Å². The predicted octanol–water partition coefficient (Wildman–Crippen LogP) is 5.06. The van der Waals surface area contributed by atoms with E-state index >= 15 is 0 Å². The van der Waals surface area contributed by atoms with Gasteiger partial charge in [-0.05, 0) is 48.4 Å². The predicted molar refractivity (Wildman–Crippen MR) is 115 cm³/mol. The van der Waals surface area contributed by atoms with Gasteiger partial charge in [-0.1, -0.05) is 57.2 Å². The standard InChI is InChI=1S/C24H30N2O2/c1-5-16(3)20-12-7-8-13-21(20)26-15-19(14-22(26)27)24(28)25-23-17(4)10-9-11-18(23)6-2/h7-13,16,19H,5-6,14-15H2,1-4H3,(H,25,28)/t16-,19+/m0/s1. The van der Waals surface area contributed by atoms with E-state index in [4.69, 9.17) is 0 Å². The van der Waals surface area contributed by atoms with E-state index in [0.29, 0.717) is 12.5 Å². The highest BCUT2D eigenvalue weighted by Crippen LogP contribution is 2.34. The summed E-state index contributed by atoms with van der Waals surface area (Å²) in [6.45, 7) is 8.84. The van der Waals surface area contributed by atoms with E-state index in [1.807, 2.05) is 43.3 Å². The maximum absolute atomic E-state index is 12.9.